The van der Waals surface area contributed by atoms with Crippen molar-refractivity contribution in [2.75, 3.05) is 39.3 Å². The number of rotatable bonds is 3. The van der Waals surface area contributed by atoms with Crippen molar-refractivity contribution in [3.05, 3.63) is 0 Å². The van der Waals surface area contributed by atoms with Crippen LogP contribution < -0.4 is 5.32 Å². The molecule has 0 unspecified atom stereocenters. The minimum atomic E-state index is -0.396. The van der Waals surface area contributed by atoms with Crippen molar-refractivity contribution in [1.29, 1.82) is 0 Å². The molecule has 2 aliphatic rings. The molecule has 0 saturated carbocycles. The number of carbonyl (C=O) groups excluding carboxylic acids is 1. The van der Waals surface area contributed by atoms with E-state index in [2.05, 4.69) is 29.0 Å². The van der Waals surface area contributed by atoms with E-state index in [1.807, 2.05) is 20.8 Å². The molecule has 0 aromatic carbocycles. The smallest absolute Gasteiger partial charge is 0.310 e. The summed E-state index contributed by atoms with van der Waals surface area (Å²) < 4.78 is 5.56. The van der Waals surface area contributed by atoms with Gasteiger partial charge in [-0.25, -0.2) is 0 Å². The predicted octanol–water partition coefficient (Wildman–Crippen LogP) is 1.33. The van der Waals surface area contributed by atoms with Gasteiger partial charge in [0.15, 0.2) is 0 Å². The van der Waals surface area contributed by atoms with Gasteiger partial charge in [-0.1, -0.05) is 0 Å². The van der Waals surface area contributed by atoms with Crippen LogP contribution in [0.3, 0.4) is 0 Å². The third kappa shape index (κ3) is 4.93. The van der Waals surface area contributed by atoms with Crippen LogP contribution in [0.15, 0.2) is 0 Å². The number of hydrogen-bond acceptors (Lipinski definition) is 5. The Morgan fingerprint density at radius 3 is 2.32 bits per heavy atom. The first kappa shape index (κ1) is 17.7. The normalized spacial score (nSPS) is 28.8. The SMILES string of the molecule is CC(C)N1CCN([C@H]2CNC[C@@H](C(=O)OC(C)(C)C)C2)CC1. The molecule has 128 valence electrons. The van der Waals surface area contributed by atoms with Crippen molar-refractivity contribution in [1.82, 2.24) is 15.1 Å². The molecule has 5 heteroatoms. The van der Waals surface area contributed by atoms with Crippen LogP contribution in [0.25, 0.3) is 0 Å². The van der Waals surface area contributed by atoms with Crippen LogP contribution >= 0.6 is 0 Å². The topological polar surface area (TPSA) is 44.8 Å². The Balaban J connectivity index is 1.85. The molecule has 2 aliphatic heterocycles. The number of piperidine rings is 1. The van der Waals surface area contributed by atoms with E-state index in [9.17, 15) is 4.79 Å². The molecule has 2 fully saturated rings. The molecule has 0 amide bonds. The van der Waals surface area contributed by atoms with E-state index in [0.717, 1.165) is 45.7 Å². The predicted molar refractivity (Wildman–Crippen MR) is 88.9 cm³/mol. The third-order valence-corrected chi connectivity index (χ3v) is 4.66. The van der Waals surface area contributed by atoms with Crippen LogP contribution in [-0.4, -0.2) is 72.7 Å². The molecule has 1 N–H and O–H groups in total. The lowest BCUT2D eigenvalue weighted by Crippen LogP contribution is -2.57. The fraction of sp³-hybridized carbons (Fsp3) is 0.941. The summed E-state index contributed by atoms with van der Waals surface area (Å²) in [6, 6.07) is 1.08. The summed E-state index contributed by atoms with van der Waals surface area (Å²) in [5.41, 5.74) is -0.396. The van der Waals surface area contributed by atoms with Gasteiger partial charge < -0.3 is 10.1 Å². The molecule has 2 atom stereocenters. The van der Waals surface area contributed by atoms with Crippen LogP contribution in [0.4, 0.5) is 0 Å². The monoisotopic (exact) mass is 311 g/mol. The number of esters is 1. The molecule has 2 heterocycles. The van der Waals surface area contributed by atoms with E-state index in [-0.39, 0.29) is 11.9 Å². The highest BCUT2D eigenvalue weighted by atomic mass is 16.6. The lowest BCUT2D eigenvalue weighted by atomic mass is 9.94. The Bertz CT molecular complexity index is 371. The third-order valence-electron chi connectivity index (χ3n) is 4.66. The van der Waals surface area contributed by atoms with Crippen LogP contribution in [0, 0.1) is 5.92 Å². The minimum absolute atomic E-state index is 0.0129. The molecular weight excluding hydrogens is 278 g/mol. The maximum Gasteiger partial charge on any atom is 0.310 e. The van der Waals surface area contributed by atoms with Crippen molar-refractivity contribution in [2.24, 2.45) is 5.92 Å². The fourth-order valence-electron chi connectivity index (χ4n) is 3.38. The van der Waals surface area contributed by atoms with E-state index >= 15 is 0 Å². The second-order valence-electron chi connectivity index (χ2n) is 7.94. The number of hydrogen-bond donors (Lipinski definition) is 1. The lowest BCUT2D eigenvalue weighted by molar-refractivity contribution is -0.161. The van der Waals surface area contributed by atoms with Crippen LogP contribution in [0.2, 0.25) is 0 Å². The van der Waals surface area contributed by atoms with Gasteiger partial charge in [0.05, 0.1) is 5.92 Å². The molecule has 2 saturated heterocycles. The summed E-state index contributed by atoms with van der Waals surface area (Å²) in [4.78, 5) is 17.4. The molecule has 0 spiro atoms. The highest BCUT2D eigenvalue weighted by molar-refractivity contribution is 5.73. The Hall–Kier alpha value is -0.650. The summed E-state index contributed by atoms with van der Waals surface area (Å²) in [6.45, 7) is 16.5. The Morgan fingerprint density at radius 1 is 1.14 bits per heavy atom. The zero-order chi connectivity index (χ0) is 16.3. The maximum atomic E-state index is 12.3. The molecule has 0 radical (unpaired) electrons. The van der Waals surface area contributed by atoms with E-state index in [1.54, 1.807) is 0 Å². The Labute approximate surface area is 135 Å². The first-order valence-electron chi connectivity index (χ1n) is 8.68. The van der Waals surface area contributed by atoms with Gasteiger partial charge >= 0.3 is 5.97 Å². The summed E-state index contributed by atoms with van der Waals surface area (Å²) in [7, 11) is 0. The summed E-state index contributed by atoms with van der Waals surface area (Å²) >= 11 is 0. The minimum Gasteiger partial charge on any atom is -0.460 e. The van der Waals surface area contributed by atoms with Crippen molar-refractivity contribution in [3.8, 4) is 0 Å². The van der Waals surface area contributed by atoms with Gasteiger partial charge in [-0.3, -0.25) is 14.6 Å². The zero-order valence-electron chi connectivity index (χ0n) is 14.9. The van der Waals surface area contributed by atoms with Crippen molar-refractivity contribution < 1.29 is 9.53 Å². The van der Waals surface area contributed by atoms with E-state index in [4.69, 9.17) is 4.74 Å². The summed E-state index contributed by atoms with van der Waals surface area (Å²) in [5, 5.41) is 3.43. The zero-order valence-corrected chi connectivity index (χ0v) is 14.9. The fourth-order valence-corrected chi connectivity index (χ4v) is 3.38. The average molecular weight is 311 g/mol. The average Bonchev–Trinajstić information content (AvgIpc) is 2.46. The van der Waals surface area contributed by atoms with Gasteiger partial charge in [-0.05, 0) is 41.0 Å². The second kappa shape index (κ2) is 7.28. The van der Waals surface area contributed by atoms with Gasteiger partial charge in [0.25, 0.3) is 0 Å². The Morgan fingerprint density at radius 2 is 1.77 bits per heavy atom. The van der Waals surface area contributed by atoms with Gasteiger partial charge in [0, 0.05) is 51.4 Å². The number of nitrogens with zero attached hydrogens (tertiary/aromatic N) is 2. The van der Waals surface area contributed by atoms with Gasteiger partial charge in [-0.15, -0.1) is 0 Å². The van der Waals surface area contributed by atoms with E-state index < -0.39 is 5.60 Å². The standard InChI is InChI=1S/C17H33N3O2/c1-13(2)19-6-8-20(9-7-19)15-10-14(11-18-12-15)16(21)22-17(3,4)5/h13-15,18H,6-12H2,1-5H3/t14-,15+/m0/s1. The first-order chi connectivity index (χ1) is 10.3. The number of ether oxygens (including phenoxy) is 1. The van der Waals surface area contributed by atoms with Crippen LogP contribution in [-0.2, 0) is 9.53 Å². The molecule has 0 aromatic rings. The molecule has 0 bridgehead atoms. The summed E-state index contributed by atoms with van der Waals surface area (Å²) in [6.07, 6.45) is 0.920. The van der Waals surface area contributed by atoms with Crippen molar-refractivity contribution in [3.63, 3.8) is 0 Å². The lowest BCUT2D eigenvalue weighted by Gasteiger charge is -2.43. The number of carbonyl (C=O) groups is 1. The summed E-state index contributed by atoms with van der Waals surface area (Å²) in [5.74, 6) is -0.0633. The second-order valence-corrected chi connectivity index (χ2v) is 7.94. The van der Waals surface area contributed by atoms with Gasteiger partial charge in [0.1, 0.15) is 5.60 Å². The first-order valence-corrected chi connectivity index (χ1v) is 8.68. The molecule has 0 aliphatic carbocycles. The number of nitrogens with one attached hydrogen (secondary N) is 1. The highest BCUT2D eigenvalue weighted by Crippen LogP contribution is 2.21. The van der Waals surface area contributed by atoms with Gasteiger partial charge in [0.2, 0.25) is 0 Å². The molecule has 2 rings (SSSR count). The molecule has 0 aromatic heterocycles. The quantitative estimate of drug-likeness (QED) is 0.797. The number of piperazine rings is 1. The molecule has 22 heavy (non-hydrogen) atoms. The largest absolute Gasteiger partial charge is 0.460 e. The van der Waals surface area contributed by atoms with Crippen LogP contribution in [0.1, 0.15) is 41.0 Å². The Kier molecular flexibility index (Phi) is 5.86. The molecule has 5 nitrogen and oxygen atoms in total. The molecular formula is C17H33N3O2. The van der Waals surface area contributed by atoms with E-state index in [0.29, 0.717) is 12.1 Å². The van der Waals surface area contributed by atoms with Crippen LogP contribution in [0.5, 0.6) is 0 Å². The van der Waals surface area contributed by atoms with Crippen molar-refractivity contribution >= 4 is 5.97 Å². The van der Waals surface area contributed by atoms with Gasteiger partial charge in [-0.2, -0.15) is 0 Å². The van der Waals surface area contributed by atoms with Crippen molar-refractivity contribution in [2.45, 2.75) is 58.7 Å². The van der Waals surface area contributed by atoms with E-state index in [1.165, 1.54) is 0 Å². The highest BCUT2D eigenvalue weighted by Gasteiger charge is 2.34. The maximum absolute atomic E-state index is 12.3.